The van der Waals surface area contributed by atoms with Crippen LogP contribution in [-0.2, 0) is 13.6 Å². The average Bonchev–Trinajstić information content (AvgIpc) is 3.08. The fourth-order valence-corrected chi connectivity index (χ4v) is 2.91. The zero-order valence-corrected chi connectivity index (χ0v) is 11.8. The molecular weight excluding hydrogens is 238 g/mol. The van der Waals surface area contributed by atoms with Gasteiger partial charge in [-0.3, -0.25) is 4.68 Å². The lowest BCUT2D eigenvalue weighted by Gasteiger charge is -2.14. The summed E-state index contributed by atoms with van der Waals surface area (Å²) in [5, 5.41) is 8.02. The molecule has 3 rings (SSSR count). The van der Waals surface area contributed by atoms with Gasteiger partial charge in [0.25, 0.3) is 0 Å². The van der Waals surface area contributed by atoms with E-state index in [-0.39, 0.29) is 0 Å². The summed E-state index contributed by atoms with van der Waals surface area (Å²) in [6.07, 6.45) is 6.38. The Morgan fingerprint density at radius 3 is 2.89 bits per heavy atom. The summed E-state index contributed by atoms with van der Waals surface area (Å²) in [5.41, 5.74) is 4.94. The Morgan fingerprint density at radius 1 is 1.42 bits per heavy atom. The highest BCUT2D eigenvalue weighted by molar-refractivity contribution is 5.25. The number of imidazole rings is 1. The standard InChI is InChI=1S/C14H21N5/c1-10-12(11(2)18(3)17-10)8-19-9-15-7-14(19)13-5-4-6-16-13/h7,9,13,16H,4-6,8H2,1-3H3/t13-/m0/s1. The molecule has 2 aromatic heterocycles. The second-order valence-electron chi connectivity index (χ2n) is 5.37. The molecule has 1 aliphatic rings. The lowest BCUT2D eigenvalue weighted by atomic mass is 10.1. The molecule has 1 fully saturated rings. The van der Waals surface area contributed by atoms with E-state index in [0.717, 1.165) is 18.8 Å². The van der Waals surface area contributed by atoms with Gasteiger partial charge in [0.05, 0.1) is 24.3 Å². The van der Waals surface area contributed by atoms with Crippen LogP contribution < -0.4 is 5.32 Å². The number of nitrogens with zero attached hydrogens (tertiary/aromatic N) is 4. The first-order valence-corrected chi connectivity index (χ1v) is 6.89. The molecule has 0 radical (unpaired) electrons. The molecular formula is C14H21N5. The molecule has 1 saturated heterocycles. The van der Waals surface area contributed by atoms with Gasteiger partial charge in [-0.25, -0.2) is 4.98 Å². The normalized spacial score (nSPS) is 19.2. The van der Waals surface area contributed by atoms with Gasteiger partial charge in [-0.1, -0.05) is 0 Å². The molecule has 102 valence electrons. The molecule has 1 N–H and O–H groups in total. The second kappa shape index (κ2) is 4.81. The summed E-state index contributed by atoms with van der Waals surface area (Å²) in [4.78, 5) is 4.32. The van der Waals surface area contributed by atoms with E-state index in [1.165, 1.54) is 29.8 Å². The molecule has 0 unspecified atom stereocenters. The summed E-state index contributed by atoms with van der Waals surface area (Å²) < 4.78 is 4.20. The van der Waals surface area contributed by atoms with Crippen molar-refractivity contribution >= 4 is 0 Å². The van der Waals surface area contributed by atoms with E-state index in [1.54, 1.807) is 0 Å². The predicted molar refractivity (Wildman–Crippen MR) is 74.0 cm³/mol. The summed E-state index contributed by atoms with van der Waals surface area (Å²) in [7, 11) is 2.00. The van der Waals surface area contributed by atoms with Crippen LogP contribution in [0.5, 0.6) is 0 Å². The van der Waals surface area contributed by atoms with Crippen molar-refractivity contribution in [2.24, 2.45) is 7.05 Å². The summed E-state index contributed by atoms with van der Waals surface area (Å²) >= 11 is 0. The smallest absolute Gasteiger partial charge is 0.0951 e. The van der Waals surface area contributed by atoms with E-state index in [0.29, 0.717) is 6.04 Å². The molecule has 0 saturated carbocycles. The van der Waals surface area contributed by atoms with Crippen LogP contribution in [0, 0.1) is 13.8 Å². The molecule has 0 aliphatic carbocycles. The van der Waals surface area contributed by atoms with E-state index in [1.807, 2.05) is 24.3 Å². The van der Waals surface area contributed by atoms with Gasteiger partial charge in [0.2, 0.25) is 0 Å². The van der Waals surface area contributed by atoms with Crippen LogP contribution in [0.4, 0.5) is 0 Å². The molecule has 5 nitrogen and oxygen atoms in total. The predicted octanol–water partition coefficient (Wildman–Crippen LogP) is 1.71. The molecule has 1 atom stereocenters. The zero-order valence-electron chi connectivity index (χ0n) is 11.8. The molecule has 0 spiro atoms. The number of nitrogens with one attached hydrogen (secondary N) is 1. The van der Waals surface area contributed by atoms with Crippen LogP contribution >= 0.6 is 0 Å². The van der Waals surface area contributed by atoms with Gasteiger partial charge in [0.15, 0.2) is 0 Å². The van der Waals surface area contributed by atoms with Gasteiger partial charge in [0, 0.05) is 30.5 Å². The molecule has 0 bridgehead atoms. The first kappa shape index (κ1) is 12.4. The monoisotopic (exact) mass is 259 g/mol. The minimum Gasteiger partial charge on any atom is -0.329 e. The van der Waals surface area contributed by atoms with Crippen molar-refractivity contribution in [3.05, 3.63) is 35.2 Å². The van der Waals surface area contributed by atoms with Crippen LogP contribution in [0.1, 0.15) is 41.5 Å². The van der Waals surface area contributed by atoms with E-state index >= 15 is 0 Å². The third kappa shape index (κ3) is 2.18. The van der Waals surface area contributed by atoms with Crippen molar-refractivity contribution in [1.29, 1.82) is 0 Å². The quantitative estimate of drug-likeness (QED) is 0.912. The van der Waals surface area contributed by atoms with Gasteiger partial charge in [-0.15, -0.1) is 0 Å². The highest BCUT2D eigenvalue weighted by Crippen LogP contribution is 2.24. The SMILES string of the molecule is Cc1nn(C)c(C)c1Cn1cncc1[C@@H]1CCCN1. The fraction of sp³-hybridized carbons (Fsp3) is 0.571. The number of aryl methyl sites for hydroxylation is 2. The van der Waals surface area contributed by atoms with Crippen LogP contribution in [0.25, 0.3) is 0 Å². The number of rotatable bonds is 3. The molecule has 3 heterocycles. The Hall–Kier alpha value is -1.62. The van der Waals surface area contributed by atoms with Gasteiger partial charge in [-0.05, 0) is 33.2 Å². The average molecular weight is 259 g/mol. The van der Waals surface area contributed by atoms with Crippen LogP contribution in [0.15, 0.2) is 12.5 Å². The van der Waals surface area contributed by atoms with Crippen LogP contribution in [0.2, 0.25) is 0 Å². The Morgan fingerprint density at radius 2 is 2.26 bits per heavy atom. The van der Waals surface area contributed by atoms with Gasteiger partial charge in [0.1, 0.15) is 0 Å². The number of hydrogen-bond donors (Lipinski definition) is 1. The van der Waals surface area contributed by atoms with E-state index in [4.69, 9.17) is 0 Å². The molecule has 2 aromatic rings. The van der Waals surface area contributed by atoms with Gasteiger partial charge >= 0.3 is 0 Å². The van der Waals surface area contributed by atoms with Gasteiger partial charge < -0.3 is 9.88 Å². The highest BCUT2D eigenvalue weighted by Gasteiger charge is 2.20. The summed E-state index contributed by atoms with van der Waals surface area (Å²) in [6, 6.07) is 0.458. The first-order chi connectivity index (χ1) is 9.16. The Bertz CT molecular complexity index is 575. The maximum Gasteiger partial charge on any atom is 0.0951 e. The van der Waals surface area contributed by atoms with Crippen molar-refractivity contribution < 1.29 is 0 Å². The fourth-order valence-electron chi connectivity index (χ4n) is 2.91. The molecule has 0 amide bonds. The topological polar surface area (TPSA) is 47.7 Å². The molecule has 19 heavy (non-hydrogen) atoms. The zero-order chi connectivity index (χ0) is 13.4. The van der Waals surface area contributed by atoms with Crippen molar-refractivity contribution in [2.75, 3.05) is 6.54 Å². The van der Waals surface area contributed by atoms with Crippen molar-refractivity contribution in [3.8, 4) is 0 Å². The highest BCUT2D eigenvalue weighted by atomic mass is 15.3. The van der Waals surface area contributed by atoms with Crippen LogP contribution in [-0.4, -0.2) is 25.9 Å². The Balaban J connectivity index is 1.89. The summed E-state index contributed by atoms with van der Waals surface area (Å²) in [6.45, 7) is 6.17. The molecule has 1 aliphatic heterocycles. The van der Waals surface area contributed by atoms with E-state index < -0.39 is 0 Å². The van der Waals surface area contributed by atoms with Crippen molar-refractivity contribution in [1.82, 2.24) is 24.6 Å². The largest absolute Gasteiger partial charge is 0.329 e. The van der Waals surface area contributed by atoms with Gasteiger partial charge in [-0.2, -0.15) is 5.10 Å². The Labute approximate surface area is 113 Å². The molecule has 5 heteroatoms. The minimum atomic E-state index is 0.458. The lowest BCUT2D eigenvalue weighted by Crippen LogP contribution is -2.17. The maximum absolute atomic E-state index is 4.49. The minimum absolute atomic E-state index is 0.458. The lowest BCUT2D eigenvalue weighted by molar-refractivity contribution is 0.583. The van der Waals surface area contributed by atoms with E-state index in [2.05, 4.69) is 33.8 Å². The molecule has 0 aromatic carbocycles. The Kier molecular flexibility index (Phi) is 3.14. The third-order valence-electron chi connectivity index (χ3n) is 4.15. The summed E-state index contributed by atoms with van der Waals surface area (Å²) in [5.74, 6) is 0. The number of hydrogen-bond acceptors (Lipinski definition) is 3. The van der Waals surface area contributed by atoms with Crippen molar-refractivity contribution in [3.63, 3.8) is 0 Å². The van der Waals surface area contributed by atoms with Crippen LogP contribution in [0.3, 0.4) is 0 Å². The number of aromatic nitrogens is 4. The first-order valence-electron chi connectivity index (χ1n) is 6.89. The van der Waals surface area contributed by atoms with E-state index in [9.17, 15) is 0 Å². The maximum atomic E-state index is 4.49. The van der Waals surface area contributed by atoms with Crippen molar-refractivity contribution in [2.45, 2.75) is 39.3 Å². The third-order valence-corrected chi connectivity index (χ3v) is 4.15. The second-order valence-corrected chi connectivity index (χ2v) is 5.37.